The first kappa shape index (κ1) is 67.4. The van der Waals surface area contributed by atoms with Gasteiger partial charge >= 0.3 is 0 Å². The number of aliphatic hydroxyl groups excluding tert-OH is 5. The number of carbonyl (C=O) groups excluding carboxylic acids is 1. The summed E-state index contributed by atoms with van der Waals surface area (Å²) in [5.41, 5.74) is 0. The third kappa shape index (κ3) is 41.4. The molecule has 0 aromatic carbocycles. The van der Waals surface area contributed by atoms with Crippen molar-refractivity contribution in [2.75, 3.05) is 13.2 Å². The molecule has 0 aromatic heterocycles. The van der Waals surface area contributed by atoms with Crippen molar-refractivity contribution in [2.24, 2.45) is 0 Å². The van der Waals surface area contributed by atoms with Crippen LogP contribution in [-0.4, -0.2) is 87.5 Å². The summed E-state index contributed by atoms with van der Waals surface area (Å²) in [4.78, 5) is 13.1. The Hall–Kier alpha value is -1.59. The summed E-state index contributed by atoms with van der Waals surface area (Å²) in [5, 5.41) is 54.5. The van der Waals surface area contributed by atoms with Gasteiger partial charge in [0.25, 0.3) is 0 Å². The third-order valence-electron chi connectivity index (χ3n) is 14.7. The molecule has 7 atom stereocenters. The zero-order valence-corrected chi connectivity index (χ0v) is 46.5. The van der Waals surface area contributed by atoms with Crippen molar-refractivity contribution in [1.29, 1.82) is 0 Å². The van der Waals surface area contributed by atoms with Crippen molar-refractivity contribution in [3.05, 3.63) is 36.5 Å². The summed E-state index contributed by atoms with van der Waals surface area (Å²) in [6.07, 6.45) is 60.8. The van der Waals surface area contributed by atoms with Crippen LogP contribution in [0.3, 0.4) is 0 Å². The monoisotopic (exact) mass is 1000 g/mol. The average molecular weight is 1000 g/mol. The molecule has 1 aliphatic rings. The fourth-order valence-corrected chi connectivity index (χ4v) is 9.82. The molecule has 418 valence electrons. The van der Waals surface area contributed by atoms with Gasteiger partial charge in [0.05, 0.1) is 25.4 Å². The fourth-order valence-electron chi connectivity index (χ4n) is 9.82. The smallest absolute Gasteiger partial charge is 0.220 e. The quantitative estimate of drug-likeness (QED) is 0.0261. The zero-order chi connectivity index (χ0) is 51.5. The van der Waals surface area contributed by atoms with Gasteiger partial charge in [0, 0.05) is 6.42 Å². The highest BCUT2D eigenvalue weighted by Crippen LogP contribution is 2.23. The summed E-state index contributed by atoms with van der Waals surface area (Å²) >= 11 is 0. The lowest BCUT2D eigenvalue weighted by molar-refractivity contribution is -0.302. The Morgan fingerprint density at radius 1 is 0.465 bits per heavy atom. The van der Waals surface area contributed by atoms with Crippen LogP contribution < -0.4 is 5.32 Å². The van der Waals surface area contributed by atoms with Crippen molar-refractivity contribution in [3.8, 4) is 0 Å². The number of nitrogens with one attached hydrogen (secondary N) is 1. The van der Waals surface area contributed by atoms with Crippen LogP contribution in [0, 0.1) is 0 Å². The van der Waals surface area contributed by atoms with Crippen molar-refractivity contribution >= 4 is 5.91 Å². The van der Waals surface area contributed by atoms with E-state index in [2.05, 4.69) is 43.5 Å². The minimum absolute atomic E-state index is 0.182. The van der Waals surface area contributed by atoms with Crippen LogP contribution in [0.15, 0.2) is 36.5 Å². The maximum Gasteiger partial charge on any atom is 0.220 e. The predicted molar refractivity (Wildman–Crippen MR) is 300 cm³/mol. The zero-order valence-electron chi connectivity index (χ0n) is 46.5. The summed E-state index contributed by atoms with van der Waals surface area (Å²) in [6, 6.07) is -0.820. The van der Waals surface area contributed by atoms with Crippen molar-refractivity contribution in [1.82, 2.24) is 5.32 Å². The van der Waals surface area contributed by atoms with E-state index in [1.54, 1.807) is 6.08 Å². The average Bonchev–Trinajstić information content (AvgIpc) is 3.37. The number of carbonyl (C=O) groups is 1. The van der Waals surface area contributed by atoms with Crippen LogP contribution in [-0.2, 0) is 14.3 Å². The van der Waals surface area contributed by atoms with E-state index < -0.39 is 49.5 Å². The molecule has 71 heavy (non-hydrogen) atoms. The van der Waals surface area contributed by atoms with E-state index in [-0.39, 0.29) is 12.5 Å². The maximum atomic E-state index is 13.1. The standard InChI is InChI=1S/C62H117NO8/c1-3-5-7-9-11-13-15-17-19-21-23-24-25-26-27-28-29-30-31-32-34-36-38-40-42-44-46-48-50-52-58(66)63-55(54-70-62-61(69)60(68)59(67)57(53-64)71-62)56(65)51-49-47-45-43-41-39-37-35-33-22-20-18-16-14-12-10-8-6-4-2/h21,23,41,43,49,51,55-57,59-62,64-65,67-69H,3-20,22,24-40,42,44-48,50,52-54H2,1-2H3,(H,63,66)/b23-21-,43-41+,51-49+. The number of amides is 1. The number of ether oxygens (including phenoxy) is 2. The number of allylic oxidation sites excluding steroid dienone is 5. The highest BCUT2D eigenvalue weighted by Gasteiger charge is 2.44. The van der Waals surface area contributed by atoms with Gasteiger partial charge in [0.15, 0.2) is 6.29 Å². The lowest BCUT2D eigenvalue weighted by Gasteiger charge is -2.40. The molecular formula is C62H117NO8. The van der Waals surface area contributed by atoms with Crippen molar-refractivity contribution < 1.29 is 39.8 Å². The third-order valence-corrected chi connectivity index (χ3v) is 14.7. The molecule has 1 amide bonds. The molecule has 1 saturated heterocycles. The van der Waals surface area contributed by atoms with Crippen LogP contribution in [0.25, 0.3) is 0 Å². The molecule has 7 unspecified atom stereocenters. The Morgan fingerprint density at radius 3 is 1.18 bits per heavy atom. The molecule has 0 aliphatic carbocycles. The Balaban J connectivity index is 2.18. The Bertz CT molecular complexity index is 1210. The molecule has 9 heteroatoms. The van der Waals surface area contributed by atoms with E-state index in [0.717, 1.165) is 38.5 Å². The van der Waals surface area contributed by atoms with Gasteiger partial charge in [0.2, 0.25) is 5.91 Å². The second-order valence-corrected chi connectivity index (χ2v) is 21.5. The van der Waals surface area contributed by atoms with Gasteiger partial charge in [0.1, 0.15) is 24.4 Å². The topological polar surface area (TPSA) is 149 Å². The largest absolute Gasteiger partial charge is 0.394 e. The summed E-state index contributed by atoms with van der Waals surface area (Å²) in [7, 11) is 0. The van der Waals surface area contributed by atoms with E-state index in [0.29, 0.717) is 6.42 Å². The van der Waals surface area contributed by atoms with Gasteiger partial charge in [-0.15, -0.1) is 0 Å². The lowest BCUT2D eigenvalue weighted by Crippen LogP contribution is -2.60. The van der Waals surface area contributed by atoms with Crippen molar-refractivity contribution in [3.63, 3.8) is 0 Å². The number of hydrogen-bond acceptors (Lipinski definition) is 8. The Labute approximate surface area is 438 Å². The predicted octanol–water partition coefficient (Wildman–Crippen LogP) is 15.5. The molecule has 1 fully saturated rings. The molecule has 9 nitrogen and oxygen atoms in total. The Morgan fingerprint density at radius 2 is 0.803 bits per heavy atom. The maximum absolute atomic E-state index is 13.1. The number of aliphatic hydroxyl groups is 5. The van der Waals surface area contributed by atoms with Gasteiger partial charge in [-0.2, -0.15) is 0 Å². The van der Waals surface area contributed by atoms with Crippen molar-refractivity contribution in [2.45, 2.75) is 339 Å². The number of hydrogen-bond donors (Lipinski definition) is 6. The van der Waals surface area contributed by atoms with E-state index in [9.17, 15) is 30.3 Å². The summed E-state index contributed by atoms with van der Waals surface area (Å²) in [5.74, 6) is -0.182. The van der Waals surface area contributed by atoms with Gasteiger partial charge in [-0.25, -0.2) is 0 Å². The minimum Gasteiger partial charge on any atom is -0.394 e. The van der Waals surface area contributed by atoms with E-state index in [1.165, 1.54) is 238 Å². The summed E-state index contributed by atoms with van der Waals surface area (Å²) < 4.78 is 11.3. The first-order valence-electron chi connectivity index (χ1n) is 30.7. The minimum atomic E-state index is -1.57. The highest BCUT2D eigenvalue weighted by atomic mass is 16.7. The summed E-state index contributed by atoms with van der Waals surface area (Å²) in [6.45, 7) is 3.80. The van der Waals surface area contributed by atoms with Gasteiger partial charge in [-0.05, 0) is 57.8 Å². The molecule has 0 saturated carbocycles. The van der Waals surface area contributed by atoms with Crippen LogP contribution in [0.1, 0.15) is 296 Å². The lowest BCUT2D eigenvalue weighted by atomic mass is 9.99. The molecule has 6 N–H and O–H groups in total. The van der Waals surface area contributed by atoms with Crippen LogP contribution >= 0.6 is 0 Å². The van der Waals surface area contributed by atoms with E-state index >= 15 is 0 Å². The van der Waals surface area contributed by atoms with Gasteiger partial charge < -0.3 is 40.3 Å². The molecule has 0 aromatic rings. The van der Waals surface area contributed by atoms with Crippen LogP contribution in [0.2, 0.25) is 0 Å². The van der Waals surface area contributed by atoms with Crippen LogP contribution in [0.4, 0.5) is 0 Å². The van der Waals surface area contributed by atoms with Gasteiger partial charge in [-0.1, -0.05) is 269 Å². The molecule has 1 heterocycles. The van der Waals surface area contributed by atoms with Gasteiger partial charge in [-0.3, -0.25) is 4.79 Å². The highest BCUT2D eigenvalue weighted by molar-refractivity contribution is 5.76. The molecule has 0 radical (unpaired) electrons. The van der Waals surface area contributed by atoms with Crippen LogP contribution in [0.5, 0.6) is 0 Å². The number of rotatable bonds is 53. The molecule has 1 aliphatic heterocycles. The second kappa shape index (κ2) is 51.9. The fraction of sp³-hybridized carbons (Fsp3) is 0.887. The first-order chi connectivity index (χ1) is 34.8. The molecule has 1 rings (SSSR count). The first-order valence-corrected chi connectivity index (χ1v) is 30.7. The second-order valence-electron chi connectivity index (χ2n) is 21.5. The normalized spacial score (nSPS) is 19.5. The Kier molecular flexibility index (Phi) is 49.3. The SMILES string of the molecule is CCCCCCCCCC/C=C\CCCCCCCCCCCCCCCCCCCC(=O)NC(COC1OC(CO)C(O)C(O)C1O)C(O)/C=C/CC/C=C/CCCCCCCCCCCCCCC. The van der Waals surface area contributed by atoms with E-state index in [1.807, 2.05) is 6.08 Å². The molecule has 0 spiro atoms. The van der Waals surface area contributed by atoms with E-state index in [4.69, 9.17) is 9.47 Å². The number of unbranched alkanes of at least 4 members (excludes halogenated alkanes) is 39. The molecule has 0 bridgehead atoms. The molecular weight excluding hydrogens is 887 g/mol.